The standard InChI is InChI=1S/C19H19N5O2/c1-10-2-3-18(25)24(10)13-4-11-6-17(22-9-15(11)16(21)7-13)23-19(26)14-5-12(14)8-20/h4,6-7,9-10,12,14H,2-3,5,21H2,1H3,(H,22,23,26)/t10?,12-,14+/m0/s1. The highest BCUT2D eigenvalue weighted by molar-refractivity contribution is 6.03. The molecule has 1 aromatic carbocycles. The zero-order valence-corrected chi connectivity index (χ0v) is 14.4. The molecule has 2 aliphatic rings. The summed E-state index contributed by atoms with van der Waals surface area (Å²) in [5.41, 5.74) is 7.47. The molecule has 7 heteroatoms. The molecular formula is C19H19N5O2. The van der Waals surface area contributed by atoms with Gasteiger partial charge in [0.05, 0.1) is 17.9 Å². The average Bonchev–Trinajstić information content (AvgIpc) is 3.33. The first-order valence-corrected chi connectivity index (χ1v) is 8.69. The molecule has 1 saturated heterocycles. The first kappa shape index (κ1) is 16.3. The largest absolute Gasteiger partial charge is 0.398 e. The van der Waals surface area contributed by atoms with E-state index in [-0.39, 0.29) is 29.7 Å². The number of pyridine rings is 1. The van der Waals surface area contributed by atoms with E-state index in [9.17, 15) is 9.59 Å². The molecule has 2 amide bonds. The van der Waals surface area contributed by atoms with Crippen molar-refractivity contribution in [1.82, 2.24) is 4.98 Å². The normalized spacial score (nSPS) is 24.5. The topological polar surface area (TPSA) is 112 Å². The number of hydrogen-bond acceptors (Lipinski definition) is 5. The van der Waals surface area contributed by atoms with Crippen LogP contribution in [0.1, 0.15) is 26.2 Å². The Hall–Kier alpha value is -3.14. The monoisotopic (exact) mass is 349 g/mol. The molecule has 2 fully saturated rings. The van der Waals surface area contributed by atoms with Crippen LogP contribution in [0.4, 0.5) is 17.2 Å². The molecule has 2 aromatic rings. The van der Waals surface area contributed by atoms with Crippen LogP contribution in [0.3, 0.4) is 0 Å². The van der Waals surface area contributed by atoms with Gasteiger partial charge in [0.2, 0.25) is 11.8 Å². The highest BCUT2D eigenvalue weighted by Gasteiger charge is 2.43. The third kappa shape index (κ3) is 2.73. The third-order valence-electron chi connectivity index (χ3n) is 5.16. The highest BCUT2D eigenvalue weighted by Crippen LogP contribution is 2.39. The average molecular weight is 349 g/mol. The lowest BCUT2D eigenvalue weighted by Gasteiger charge is -2.22. The van der Waals surface area contributed by atoms with Gasteiger partial charge in [0, 0.05) is 35.4 Å². The van der Waals surface area contributed by atoms with Crippen molar-refractivity contribution in [1.29, 1.82) is 5.26 Å². The molecule has 1 aromatic heterocycles. The molecule has 3 atom stereocenters. The first-order valence-electron chi connectivity index (χ1n) is 8.69. The zero-order valence-electron chi connectivity index (χ0n) is 14.4. The number of hydrogen-bond donors (Lipinski definition) is 2. The van der Waals surface area contributed by atoms with Crippen LogP contribution < -0.4 is 16.0 Å². The van der Waals surface area contributed by atoms with Gasteiger partial charge < -0.3 is 16.0 Å². The van der Waals surface area contributed by atoms with E-state index in [0.717, 1.165) is 22.9 Å². The fourth-order valence-electron chi connectivity index (χ4n) is 3.55. The Bertz CT molecular complexity index is 964. The van der Waals surface area contributed by atoms with Crippen LogP contribution in [-0.4, -0.2) is 22.8 Å². The van der Waals surface area contributed by atoms with E-state index in [1.165, 1.54) is 0 Å². The summed E-state index contributed by atoms with van der Waals surface area (Å²) in [5.74, 6) is -0.119. The van der Waals surface area contributed by atoms with E-state index in [1.54, 1.807) is 23.2 Å². The lowest BCUT2D eigenvalue weighted by atomic mass is 10.1. The molecular weight excluding hydrogens is 330 g/mol. The van der Waals surface area contributed by atoms with Crippen molar-refractivity contribution in [3.63, 3.8) is 0 Å². The van der Waals surface area contributed by atoms with Gasteiger partial charge in [-0.1, -0.05) is 0 Å². The zero-order chi connectivity index (χ0) is 18.4. The molecule has 0 bridgehead atoms. The van der Waals surface area contributed by atoms with E-state index in [4.69, 9.17) is 11.0 Å². The molecule has 0 spiro atoms. The van der Waals surface area contributed by atoms with Gasteiger partial charge in [0.15, 0.2) is 0 Å². The fourth-order valence-corrected chi connectivity index (χ4v) is 3.55. The van der Waals surface area contributed by atoms with E-state index in [1.807, 2.05) is 13.0 Å². The molecule has 26 heavy (non-hydrogen) atoms. The lowest BCUT2D eigenvalue weighted by Crippen LogP contribution is -2.30. The highest BCUT2D eigenvalue weighted by atomic mass is 16.2. The van der Waals surface area contributed by atoms with E-state index < -0.39 is 0 Å². The molecule has 3 N–H and O–H groups in total. The van der Waals surface area contributed by atoms with Gasteiger partial charge in [-0.2, -0.15) is 5.26 Å². The number of nitrogens with one attached hydrogen (secondary N) is 1. The maximum atomic E-state index is 12.2. The number of benzene rings is 1. The van der Waals surface area contributed by atoms with Gasteiger partial charge in [-0.25, -0.2) is 4.98 Å². The van der Waals surface area contributed by atoms with E-state index >= 15 is 0 Å². The number of nitrogens with two attached hydrogens (primary N) is 1. The van der Waals surface area contributed by atoms with Gasteiger partial charge in [-0.3, -0.25) is 9.59 Å². The van der Waals surface area contributed by atoms with Crippen molar-refractivity contribution in [3.8, 4) is 6.07 Å². The molecule has 7 nitrogen and oxygen atoms in total. The summed E-state index contributed by atoms with van der Waals surface area (Å²) in [4.78, 5) is 30.3. The molecule has 1 aliphatic heterocycles. The van der Waals surface area contributed by atoms with Gasteiger partial charge in [0.1, 0.15) is 5.82 Å². The van der Waals surface area contributed by atoms with Gasteiger partial charge >= 0.3 is 0 Å². The van der Waals surface area contributed by atoms with E-state index in [2.05, 4.69) is 16.4 Å². The number of amides is 2. The van der Waals surface area contributed by atoms with Crippen molar-refractivity contribution < 1.29 is 9.59 Å². The maximum absolute atomic E-state index is 12.2. The molecule has 1 aliphatic carbocycles. The number of nitrogens with zero attached hydrogens (tertiary/aromatic N) is 3. The van der Waals surface area contributed by atoms with E-state index in [0.29, 0.717) is 24.3 Å². The van der Waals surface area contributed by atoms with Gasteiger partial charge in [-0.15, -0.1) is 0 Å². The summed E-state index contributed by atoms with van der Waals surface area (Å²) in [5, 5.41) is 13.2. The van der Waals surface area contributed by atoms with Crippen LogP contribution in [0, 0.1) is 23.2 Å². The number of nitrogen functional groups attached to an aromatic ring is 1. The maximum Gasteiger partial charge on any atom is 0.230 e. The van der Waals surface area contributed by atoms with Gasteiger partial charge in [0.25, 0.3) is 0 Å². The Morgan fingerprint density at radius 2 is 2.23 bits per heavy atom. The summed E-state index contributed by atoms with van der Waals surface area (Å²) < 4.78 is 0. The van der Waals surface area contributed by atoms with Crippen LogP contribution in [-0.2, 0) is 9.59 Å². The van der Waals surface area contributed by atoms with Crippen molar-refractivity contribution in [2.24, 2.45) is 11.8 Å². The number of rotatable bonds is 3. The second-order valence-corrected chi connectivity index (χ2v) is 7.04. The third-order valence-corrected chi connectivity index (χ3v) is 5.16. The fraction of sp³-hybridized carbons (Fsp3) is 0.368. The molecule has 0 radical (unpaired) electrons. The van der Waals surface area contributed by atoms with Crippen LogP contribution in [0.15, 0.2) is 24.4 Å². The summed E-state index contributed by atoms with van der Waals surface area (Å²) >= 11 is 0. The van der Waals surface area contributed by atoms with Crippen molar-refractivity contribution in [2.75, 3.05) is 16.0 Å². The minimum atomic E-state index is -0.253. The number of carbonyl (C=O) groups is 2. The van der Waals surface area contributed by atoms with Crippen LogP contribution in [0.2, 0.25) is 0 Å². The molecule has 1 saturated carbocycles. The first-order chi connectivity index (χ1) is 12.5. The van der Waals surface area contributed by atoms with Crippen molar-refractivity contribution >= 4 is 39.8 Å². The quantitative estimate of drug-likeness (QED) is 0.827. The molecule has 132 valence electrons. The molecule has 1 unspecified atom stereocenters. The Morgan fingerprint density at radius 3 is 2.88 bits per heavy atom. The second-order valence-electron chi connectivity index (χ2n) is 7.04. The minimum Gasteiger partial charge on any atom is -0.398 e. The Kier molecular flexibility index (Phi) is 3.76. The summed E-state index contributed by atoms with van der Waals surface area (Å²) in [6.07, 6.45) is 3.59. The summed E-state index contributed by atoms with van der Waals surface area (Å²) in [6.45, 7) is 2.02. The predicted molar refractivity (Wildman–Crippen MR) is 98.2 cm³/mol. The Labute approximate surface area is 150 Å². The number of nitriles is 1. The van der Waals surface area contributed by atoms with Crippen LogP contribution in [0.25, 0.3) is 10.8 Å². The Morgan fingerprint density at radius 1 is 1.42 bits per heavy atom. The number of carbonyl (C=O) groups excluding carboxylic acids is 2. The SMILES string of the molecule is CC1CCC(=O)N1c1cc(N)c2cnc(NC(=O)[C@@H]3C[C@H]3C#N)cc2c1. The van der Waals surface area contributed by atoms with Crippen LogP contribution in [0.5, 0.6) is 0 Å². The molecule has 4 rings (SSSR count). The summed E-state index contributed by atoms with van der Waals surface area (Å²) in [6, 6.07) is 7.69. The van der Waals surface area contributed by atoms with Gasteiger partial charge in [-0.05, 0) is 43.4 Å². The Balaban J connectivity index is 1.65. The number of aromatic nitrogens is 1. The summed E-state index contributed by atoms with van der Waals surface area (Å²) in [7, 11) is 0. The minimum absolute atomic E-state index is 0.0927. The second kappa shape index (κ2) is 5.99. The lowest BCUT2D eigenvalue weighted by molar-refractivity contribution is -0.118. The number of anilines is 3. The molecule has 2 heterocycles. The van der Waals surface area contributed by atoms with Crippen molar-refractivity contribution in [3.05, 3.63) is 24.4 Å². The predicted octanol–water partition coefficient (Wildman–Crippen LogP) is 2.43. The number of fused-ring (bicyclic) bond motifs is 1. The van der Waals surface area contributed by atoms with Crippen molar-refractivity contribution in [2.45, 2.75) is 32.2 Å². The van der Waals surface area contributed by atoms with Crippen LogP contribution >= 0.6 is 0 Å². The smallest absolute Gasteiger partial charge is 0.230 e.